The molecule has 1 heterocycles. The van der Waals surface area contributed by atoms with Crippen LogP contribution in [0, 0.1) is 0 Å². The quantitative estimate of drug-likeness (QED) is 0.726. The first-order valence-corrected chi connectivity index (χ1v) is 9.55. The predicted molar refractivity (Wildman–Crippen MR) is 111 cm³/mol. The van der Waals surface area contributed by atoms with Gasteiger partial charge in [-0.25, -0.2) is 0 Å². The summed E-state index contributed by atoms with van der Waals surface area (Å²) >= 11 is 9.50. The van der Waals surface area contributed by atoms with Crippen molar-refractivity contribution in [2.45, 2.75) is 19.4 Å². The highest BCUT2D eigenvalue weighted by molar-refractivity contribution is 9.10. The molecule has 0 fully saturated rings. The lowest BCUT2D eigenvalue weighted by Gasteiger charge is -2.28. The lowest BCUT2D eigenvalue weighted by atomic mass is 10.1. The fraction of sp³-hybridized carbons (Fsp3) is 0.263. The Bertz CT molecular complexity index is 890. The van der Waals surface area contributed by atoms with Gasteiger partial charge >= 0.3 is 0 Å². The topological polar surface area (TPSA) is 70.7 Å². The third kappa shape index (κ3) is 4.20. The highest BCUT2D eigenvalue weighted by Crippen LogP contribution is 2.36. The monoisotopic (exact) mass is 451 g/mol. The molecule has 0 aromatic heterocycles. The van der Waals surface area contributed by atoms with Gasteiger partial charge < -0.3 is 20.3 Å². The fourth-order valence-corrected chi connectivity index (χ4v) is 4.10. The van der Waals surface area contributed by atoms with Crippen LogP contribution < -0.4 is 20.3 Å². The van der Waals surface area contributed by atoms with Crippen LogP contribution >= 0.6 is 27.5 Å². The molecule has 1 aliphatic heterocycles. The zero-order valence-corrected chi connectivity index (χ0v) is 17.2. The van der Waals surface area contributed by atoms with Crippen LogP contribution in [0.1, 0.15) is 13.3 Å². The summed E-state index contributed by atoms with van der Waals surface area (Å²) in [5, 5.41) is 6.45. The van der Waals surface area contributed by atoms with E-state index < -0.39 is 0 Å². The summed E-state index contributed by atoms with van der Waals surface area (Å²) in [5.41, 5.74) is 1.92. The van der Waals surface area contributed by atoms with Crippen molar-refractivity contribution in [1.82, 2.24) is 0 Å². The Morgan fingerprint density at radius 1 is 1.41 bits per heavy atom. The average molecular weight is 453 g/mol. The Kier molecular flexibility index (Phi) is 5.92. The third-order valence-electron chi connectivity index (χ3n) is 4.27. The highest BCUT2D eigenvalue weighted by atomic mass is 79.9. The normalized spacial score (nSPS) is 16.2. The van der Waals surface area contributed by atoms with Gasteiger partial charge in [-0.2, -0.15) is 0 Å². The molecular formula is C19H19BrClN3O3. The minimum atomic E-state index is -0.268. The van der Waals surface area contributed by atoms with Gasteiger partial charge in [0.2, 0.25) is 11.8 Å². The number of benzene rings is 2. The predicted octanol–water partition coefficient (Wildman–Crippen LogP) is 4.29. The molecule has 1 aliphatic rings. The lowest BCUT2D eigenvalue weighted by molar-refractivity contribution is -0.118. The molecule has 2 aromatic carbocycles. The highest BCUT2D eigenvalue weighted by Gasteiger charge is 2.29. The molecule has 0 aliphatic carbocycles. The summed E-state index contributed by atoms with van der Waals surface area (Å²) in [7, 11) is 1.55. The van der Waals surface area contributed by atoms with E-state index in [0.29, 0.717) is 32.3 Å². The van der Waals surface area contributed by atoms with E-state index in [9.17, 15) is 9.59 Å². The molecule has 1 unspecified atom stereocenters. The van der Waals surface area contributed by atoms with Crippen molar-refractivity contribution in [3.8, 4) is 5.75 Å². The van der Waals surface area contributed by atoms with Crippen molar-refractivity contribution in [2.75, 3.05) is 29.2 Å². The van der Waals surface area contributed by atoms with Crippen LogP contribution in [0.3, 0.4) is 0 Å². The summed E-state index contributed by atoms with van der Waals surface area (Å²) in [5.74, 6) is 0.289. The minimum absolute atomic E-state index is 0.0238. The Balaban J connectivity index is 1.85. The van der Waals surface area contributed by atoms with Crippen molar-refractivity contribution in [3.63, 3.8) is 0 Å². The van der Waals surface area contributed by atoms with Crippen LogP contribution in [0.4, 0.5) is 17.1 Å². The van der Waals surface area contributed by atoms with E-state index in [1.54, 1.807) is 30.2 Å². The van der Waals surface area contributed by atoms with Crippen molar-refractivity contribution in [1.29, 1.82) is 0 Å². The maximum absolute atomic E-state index is 13.0. The second-order valence-electron chi connectivity index (χ2n) is 6.20. The lowest BCUT2D eigenvalue weighted by Crippen LogP contribution is -2.42. The molecule has 142 valence electrons. The standard InChI is InChI=1S/C19H19BrClN3O3/c1-11-7-17(25)23-14-5-3-4-6-16(14)24(11)18(26)10-22-15-9-12(21)8-13(20)19(15)27-2/h3-6,8-9,11,22H,7,10H2,1-2H3,(H,23,25). The summed E-state index contributed by atoms with van der Waals surface area (Å²) < 4.78 is 6.06. The van der Waals surface area contributed by atoms with Gasteiger partial charge in [0.05, 0.1) is 35.2 Å². The van der Waals surface area contributed by atoms with Crippen LogP contribution in [-0.4, -0.2) is 31.5 Å². The Hall–Kier alpha value is -2.25. The molecule has 0 saturated heterocycles. The van der Waals surface area contributed by atoms with Crippen LogP contribution in [0.2, 0.25) is 5.02 Å². The molecule has 1 atom stereocenters. The number of hydrogen-bond acceptors (Lipinski definition) is 4. The van der Waals surface area contributed by atoms with E-state index in [-0.39, 0.29) is 30.8 Å². The molecule has 27 heavy (non-hydrogen) atoms. The van der Waals surface area contributed by atoms with Gasteiger partial charge in [0.15, 0.2) is 5.75 Å². The number of hydrogen-bond donors (Lipinski definition) is 2. The molecule has 2 aromatic rings. The molecule has 0 saturated carbocycles. The number of para-hydroxylation sites is 2. The van der Waals surface area contributed by atoms with Crippen LogP contribution in [-0.2, 0) is 9.59 Å². The van der Waals surface area contributed by atoms with E-state index >= 15 is 0 Å². The summed E-state index contributed by atoms with van der Waals surface area (Å²) in [6.45, 7) is 1.88. The molecule has 0 radical (unpaired) electrons. The minimum Gasteiger partial charge on any atom is -0.493 e. The van der Waals surface area contributed by atoms with E-state index in [0.717, 1.165) is 0 Å². The zero-order valence-electron chi connectivity index (χ0n) is 14.9. The van der Waals surface area contributed by atoms with Crippen LogP contribution in [0.15, 0.2) is 40.9 Å². The van der Waals surface area contributed by atoms with Crippen molar-refractivity contribution in [2.24, 2.45) is 0 Å². The second-order valence-corrected chi connectivity index (χ2v) is 7.49. The molecule has 8 heteroatoms. The van der Waals surface area contributed by atoms with Crippen molar-refractivity contribution in [3.05, 3.63) is 45.9 Å². The van der Waals surface area contributed by atoms with E-state index in [2.05, 4.69) is 26.6 Å². The third-order valence-corrected chi connectivity index (χ3v) is 5.08. The number of methoxy groups -OCH3 is 1. The maximum atomic E-state index is 13.0. The maximum Gasteiger partial charge on any atom is 0.246 e. The van der Waals surface area contributed by atoms with Crippen LogP contribution in [0.25, 0.3) is 0 Å². The number of carbonyl (C=O) groups excluding carboxylic acids is 2. The molecule has 0 spiro atoms. The number of anilines is 3. The van der Waals surface area contributed by atoms with Crippen molar-refractivity contribution < 1.29 is 14.3 Å². The number of halogens is 2. The van der Waals surface area contributed by atoms with Gasteiger partial charge in [-0.05, 0) is 47.1 Å². The first-order valence-electron chi connectivity index (χ1n) is 8.38. The van der Waals surface area contributed by atoms with Gasteiger partial charge in [0.1, 0.15) is 0 Å². The SMILES string of the molecule is COc1c(Br)cc(Cl)cc1NCC(=O)N1c2ccccc2NC(=O)CC1C. The number of carbonyl (C=O) groups is 2. The fourth-order valence-electron chi connectivity index (χ4n) is 3.12. The number of fused-ring (bicyclic) bond motifs is 1. The molecular weight excluding hydrogens is 434 g/mol. The zero-order chi connectivity index (χ0) is 19.6. The van der Waals surface area contributed by atoms with Gasteiger partial charge in [0, 0.05) is 17.5 Å². The molecule has 2 amide bonds. The number of nitrogens with one attached hydrogen (secondary N) is 2. The Morgan fingerprint density at radius 2 is 2.15 bits per heavy atom. The smallest absolute Gasteiger partial charge is 0.246 e. The molecule has 2 N–H and O–H groups in total. The van der Waals surface area contributed by atoms with Gasteiger partial charge in [0.25, 0.3) is 0 Å². The Labute approximate surface area is 171 Å². The number of rotatable bonds is 4. The summed E-state index contributed by atoms with van der Waals surface area (Å²) in [4.78, 5) is 26.7. The first-order chi connectivity index (χ1) is 12.9. The summed E-state index contributed by atoms with van der Waals surface area (Å²) in [6.07, 6.45) is 0.229. The van der Waals surface area contributed by atoms with Gasteiger partial charge in [-0.1, -0.05) is 23.7 Å². The number of amides is 2. The summed E-state index contributed by atoms with van der Waals surface area (Å²) in [6, 6.07) is 10.4. The number of nitrogens with zero attached hydrogens (tertiary/aromatic N) is 1. The second kappa shape index (κ2) is 8.19. The Morgan fingerprint density at radius 3 is 2.89 bits per heavy atom. The van der Waals surface area contributed by atoms with E-state index in [4.69, 9.17) is 16.3 Å². The van der Waals surface area contributed by atoms with Crippen LogP contribution in [0.5, 0.6) is 5.75 Å². The molecule has 0 bridgehead atoms. The molecule has 6 nitrogen and oxygen atoms in total. The first kappa shape index (κ1) is 19.5. The van der Waals surface area contributed by atoms with Gasteiger partial charge in [-0.15, -0.1) is 0 Å². The average Bonchev–Trinajstić information content (AvgIpc) is 2.73. The van der Waals surface area contributed by atoms with E-state index in [1.165, 1.54) is 0 Å². The van der Waals surface area contributed by atoms with Gasteiger partial charge in [-0.3, -0.25) is 9.59 Å². The molecule has 3 rings (SSSR count). The van der Waals surface area contributed by atoms with Crippen molar-refractivity contribution >= 4 is 56.4 Å². The van der Waals surface area contributed by atoms with E-state index in [1.807, 2.05) is 25.1 Å². The largest absolute Gasteiger partial charge is 0.493 e. The number of ether oxygens (including phenoxy) is 1.